The number of thiocarbonyl (C=S) groups is 1. The molecule has 168 valence electrons. The summed E-state index contributed by atoms with van der Waals surface area (Å²) in [6.45, 7) is 6.14. The highest BCUT2D eigenvalue weighted by Gasteiger charge is 2.43. The summed E-state index contributed by atoms with van der Waals surface area (Å²) in [5, 5.41) is 0. The number of benzene rings is 1. The second-order valence-corrected chi connectivity index (χ2v) is 9.91. The predicted octanol–water partition coefficient (Wildman–Crippen LogP) is 4.85. The first-order chi connectivity index (χ1) is 14.0. The number of methoxy groups -OCH3 is 1. The number of nitrogens with two attached hydrogens (primary N) is 1. The van der Waals surface area contributed by atoms with E-state index in [0.717, 1.165) is 17.7 Å². The molecule has 30 heavy (non-hydrogen) atoms. The molecule has 0 spiro atoms. The van der Waals surface area contributed by atoms with Crippen LogP contribution in [0.3, 0.4) is 0 Å². The van der Waals surface area contributed by atoms with Gasteiger partial charge >= 0.3 is 5.97 Å². The number of nitrogens with zero attached hydrogens (tertiary/aromatic N) is 1. The van der Waals surface area contributed by atoms with Crippen molar-refractivity contribution in [2.24, 2.45) is 11.7 Å². The molecule has 0 heterocycles. The summed E-state index contributed by atoms with van der Waals surface area (Å²) in [4.78, 5) is 15.5. The molecule has 0 radical (unpaired) electrons. The normalized spacial score (nSPS) is 17.1. The molecule has 1 aliphatic rings. The minimum Gasteiger partial charge on any atom is -0.497 e. The highest BCUT2D eigenvalue weighted by Crippen LogP contribution is 2.31. The van der Waals surface area contributed by atoms with Crippen molar-refractivity contribution in [1.82, 2.24) is 4.90 Å². The smallest absolute Gasteiger partial charge is 0.333 e. The number of hydrogen-bond donors (Lipinski definition) is 1. The Morgan fingerprint density at radius 3 is 2.30 bits per heavy atom. The molecule has 2 rings (SSSR count). The van der Waals surface area contributed by atoms with E-state index in [9.17, 15) is 4.79 Å². The first-order valence-corrected chi connectivity index (χ1v) is 11.4. The van der Waals surface area contributed by atoms with Crippen LogP contribution >= 0.6 is 12.2 Å². The van der Waals surface area contributed by atoms with Gasteiger partial charge in [-0.1, -0.05) is 56.5 Å². The SMILES string of the molecule is COc1ccc(CN(C)C(=S)[C@@](N)(CCC2CCCCC2)C(=O)OC(C)(C)C)cc1. The summed E-state index contributed by atoms with van der Waals surface area (Å²) in [5.41, 5.74) is 5.88. The van der Waals surface area contributed by atoms with Gasteiger partial charge in [0.05, 0.1) is 7.11 Å². The number of carbonyl (C=O) groups excluding carboxylic acids is 1. The molecule has 2 N–H and O–H groups in total. The molecule has 0 saturated heterocycles. The van der Waals surface area contributed by atoms with E-state index in [1.807, 2.05) is 57.0 Å². The summed E-state index contributed by atoms with van der Waals surface area (Å²) in [5.74, 6) is 0.981. The average molecular weight is 435 g/mol. The van der Waals surface area contributed by atoms with E-state index >= 15 is 0 Å². The number of rotatable bonds is 8. The Morgan fingerprint density at radius 2 is 1.77 bits per heavy atom. The lowest BCUT2D eigenvalue weighted by Crippen LogP contribution is -2.60. The van der Waals surface area contributed by atoms with Crippen molar-refractivity contribution in [3.8, 4) is 5.75 Å². The Morgan fingerprint density at radius 1 is 1.17 bits per heavy atom. The minimum atomic E-state index is -1.30. The van der Waals surface area contributed by atoms with Gasteiger partial charge in [-0.2, -0.15) is 0 Å². The molecule has 0 aromatic heterocycles. The Hall–Kier alpha value is -1.66. The quantitative estimate of drug-likeness (QED) is 0.466. The zero-order chi connectivity index (χ0) is 22.4. The number of esters is 1. The van der Waals surface area contributed by atoms with Gasteiger partial charge in [-0.3, -0.25) is 0 Å². The molecule has 1 saturated carbocycles. The van der Waals surface area contributed by atoms with Crippen LogP contribution in [0.15, 0.2) is 24.3 Å². The van der Waals surface area contributed by atoms with Crippen molar-refractivity contribution < 1.29 is 14.3 Å². The number of ether oxygens (including phenoxy) is 2. The summed E-state index contributed by atoms with van der Waals surface area (Å²) < 4.78 is 10.9. The van der Waals surface area contributed by atoms with E-state index in [-0.39, 0.29) is 0 Å². The molecule has 5 nitrogen and oxygen atoms in total. The third-order valence-electron chi connectivity index (χ3n) is 5.74. The van der Waals surface area contributed by atoms with E-state index in [4.69, 9.17) is 27.4 Å². The van der Waals surface area contributed by atoms with Crippen LogP contribution in [-0.2, 0) is 16.1 Å². The molecule has 1 aromatic carbocycles. The lowest BCUT2D eigenvalue weighted by Gasteiger charge is -2.36. The van der Waals surface area contributed by atoms with Gasteiger partial charge in [-0.25, -0.2) is 4.79 Å². The van der Waals surface area contributed by atoms with E-state index in [1.54, 1.807) is 7.11 Å². The van der Waals surface area contributed by atoms with Gasteiger partial charge in [-0.15, -0.1) is 0 Å². The highest BCUT2D eigenvalue weighted by atomic mass is 32.1. The van der Waals surface area contributed by atoms with Crippen molar-refractivity contribution >= 4 is 23.2 Å². The third kappa shape index (κ3) is 6.95. The summed E-state index contributed by atoms with van der Waals surface area (Å²) >= 11 is 5.77. The first kappa shape index (κ1) is 24.6. The van der Waals surface area contributed by atoms with Crippen molar-refractivity contribution in [3.63, 3.8) is 0 Å². The molecule has 1 aromatic rings. The van der Waals surface area contributed by atoms with Crippen LogP contribution in [0, 0.1) is 5.92 Å². The Balaban J connectivity index is 2.14. The molecule has 0 aliphatic heterocycles. The zero-order valence-electron chi connectivity index (χ0n) is 19.2. The van der Waals surface area contributed by atoms with Crippen LogP contribution in [0.25, 0.3) is 0 Å². The maximum absolute atomic E-state index is 13.2. The molecule has 0 amide bonds. The maximum atomic E-state index is 13.2. The number of carbonyl (C=O) groups is 1. The largest absolute Gasteiger partial charge is 0.497 e. The van der Waals surface area contributed by atoms with Gasteiger partial charge in [0.2, 0.25) is 0 Å². The molecule has 6 heteroatoms. The van der Waals surface area contributed by atoms with Gasteiger partial charge in [-0.05, 0) is 57.2 Å². The maximum Gasteiger partial charge on any atom is 0.333 e. The molecule has 1 atom stereocenters. The van der Waals surface area contributed by atoms with E-state index in [1.165, 1.54) is 32.1 Å². The van der Waals surface area contributed by atoms with Crippen LogP contribution in [0.5, 0.6) is 5.75 Å². The number of hydrogen-bond acceptors (Lipinski definition) is 5. The van der Waals surface area contributed by atoms with Crippen LogP contribution < -0.4 is 10.5 Å². The summed E-state index contributed by atoms with van der Waals surface area (Å²) in [7, 11) is 3.53. The Labute approximate surface area is 187 Å². The second-order valence-electron chi connectivity index (χ2n) is 9.53. The topological polar surface area (TPSA) is 64.8 Å². The number of likely N-dealkylation sites (N-methyl/N-ethyl adjacent to an activating group) is 1. The monoisotopic (exact) mass is 434 g/mol. The molecule has 0 unspecified atom stereocenters. The molecule has 0 bridgehead atoms. The Kier molecular flexibility index (Phi) is 8.68. The average Bonchev–Trinajstić information content (AvgIpc) is 2.71. The van der Waals surface area contributed by atoms with Gasteiger partial charge in [0, 0.05) is 13.6 Å². The summed E-state index contributed by atoms with van der Waals surface area (Å²) in [6.07, 6.45) is 7.65. The first-order valence-electron chi connectivity index (χ1n) is 11.0. The van der Waals surface area contributed by atoms with Crippen LogP contribution in [0.1, 0.15) is 71.3 Å². The van der Waals surface area contributed by atoms with E-state index in [2.05, 4.69) is 0 Å². The van der Waals surface area contributed by atoms with Crippen molar-refractivity contribution in [1.29, 1.82) is 0 Å². The lowest BCUT2D eigenvalue weighted by atomic mass is 9.82. The fraction of sp³-hybridized carbons (Fsp3) is 0.667. The highest BCUT2D eigenvalue weighted by molar-refractivity contribution is 7.80. The molecular weight excluding hydrogens is 396 g/mol. The summed E-state index contributed by atoms with van der Waals surface area (Å²) in [6, 6.07) is 7.81. The van der Waals surface area contributed by atoms with E-state index < -0.39 is 17.1 Å². The fourth-order valence-corrected chi connectivity index (χ4v) is 4.24. The molecule has 1 aliphatic carbocycles. The zero-order valence-corrected chi connectivity index (χ0v) is 20.0. The Bertz CT molecular complexity index is 708. The van der Waals surface area contributed by atoms with Gasteiger partial charge in [0.1, 0.15) is 16.3 Å². The standard InChI is InChI=1S/C24H38N2O3S/c1-23(2,3)29-22(27)24(25,16-15-18-9-7-6-8-10-18)21(30)26(4)17-19-11-13-20(28-5)14-12-19/h11-14,18H,6-10,15-17,25H2,1-5H3/t24-/m0/s1. The van der Waals surface area contributed by atoms with Crippen molar-refractivity contribution in [3.05, 3.63) is 29.8 Å². The molecular formula is C24H38N2O3S. The van der Waals surface area contributed by atoms with Crippen LogP contribution in [0.2, 0.25) is 0 Å². The minimum absolute atomic E-state index is 0.433. The van der Waals surface area contributed by atoms with Crippen molar-refractivity contribution in [2.45, 2.75) is 83.4 Å². The van der Waals surface area contributed by atoms with Crippen LogP contribution in [0.4, 0.5) is 0 Å². The molecule has 1 fully saturated rings. The van der Waals surface area contributed by atoms with Crippen LogP contribution in [-0.4, -0.2) is 41.2 Å². The lowest BCUT2D eigenvalue weighted by molar-refractivity contribution is -0.159. The predicted molar refractivity (Wildman–Crippen MR) is 126 cm³/mol. The van der Waals surface area contributed by atoms with Crippen molar-refractivity contribution in [2.75, 3.05) is 14.2 Å². The van der Waals surface area contributed by atoms with Gasteiger partial charge in [0.25, 0.3) is 0 Å². The second kappa shape index (κ2) is 10.6. The van der Waals surface area contributed by atoms with Gasteiger partial charge < -0.3 is 20.1 Å². The fourth-order valence-electron chi connectivity index (χ4n) is 3.99. The third-order valence-corrected chi connectivity index (χ3v) is 6.42. The van der Waals surface area contributed by atoms with E-state index in [0.29, 0.717) is 23.9 Å². The van der Waals surface area contributed by atoms with Gasteiger partial charge in [0.15, 0.2) is 5.54 Å².